The van der Waals surface area contributed by atoms with Gasteiger partial charge in [0.2, 0.25) is 5.25 Å². The van der Waals surface area contributed by atoms with Crippen molar-refractivity contribution in [2.45, 2.75) is 11.3 Å². The molecule has 0 saturated heterocycles. The molecule has 0 fully saturated rings. The normalized spacial score (nSPS) is 15.1. The molecule has 0 aliphatic carbocycles. The lowest BCUT2D eigenvalue weighted by Gasteiger charge is -2.18. The number of carboxylic acids is 2. The van der Waals surface area contributed by atoms with Crippen LogP contribution in [0.25, 0.3) is 0 Å². The Morgan fingerprint density at radius 1 is 1.31 bits per heavy atom. The van der Waals surface area contributed by atoms with Crippen LogP contribution >= 0.6 is 0 Å². The van der Waals surface area contributed by atoms with Gasteiger partial charge in [0, 0.05) is 6.54 Å². The quantitative estimate of drug-likeness (QED) is 0.319. The summed E-state index contributed by atoms with van der Waals surface area (Å²) in [6, 6.07) is -1.95. The summed E-state index contributed by atoms with van der Waals surface area (Å²) in [7, 11) is -5.02. The molecular formula is C7H11NO7S. The fraction of sp³-hybridized carbons (Fsp3) is 0.429. The van der Waals surface area contributed by atoms with Gasteiger partial charge in [-0.2, -0.15) is 8.42 Å². The van der Waals surface area contributed by atoms with Gasteiger partial charge in [-0.15, -0.1) is 6.58 Å². The number of hydrogen-bond donors (Lipinski definition) is 4. The molecule has 0 aromatic heterocycles. The molecule has 9 heteroatoms. The van der Waals surface area contributed by atoms with Gasteiger partial charge in [-0.3, -0.25) is 19.5 Å². The van der Waals surface area contributed by atoms with Crippen molar-refractivity contribution in [1.82, 2.24) is 5.32 Å². The van der Waals surface area contributed by atoms with E-state index < -0.39 is 33.3 Å². The Morgan fingerprint density at radius 3 is 2.06 bits per heavy atom. The van der Waals surface area contributed by atoms with E-state index in [1.165, 1.54) is 6.08 Å². The van der Waals surface area contributed by atoms with Gasteiger partial charge in [0.05, 0.1) is 0 Å². The van der Waals surface area contributed by atoms with Crippen LogP contribution in [0.3, 0.4) is 0 Å². The number of carboxylic acid groups (broad SMARTS) is 2. The molecule has 0 aromatic rings. The maximum absolute atomic E-state index is 10.7. The topological polar surface area (TPSA) is 141 Å². The highest BCUT2D eigenvalue weighted by Gasteiger charge is 2.42. The molecule has 2 atom stereocenters. The highest BCUT2D eigenvalue weighted by atomic mass is 32.2. The van der Waals surface area contributed by atoms with Crippen molar-refractivity contribution in [2.24, 2.45) is 0 Å². The van der Waals surface area contributed by atoms with Crippen LogP contribution in [0.4, 0.5) is 0 Å². The molecule has 0 rings (SSSR count). The van der Waals surface area contributed by atoms with Gasteiger partial charge in [0.1, 0.15) is 6.04 Å². The molecule has 0 amide bonds. The zero-order valence-electron chi connectivity index (χ0n) is 8.03. The van der Waals surface area contributed by atoms with Gasteiger partial charge in [0.25, 0.3) is 10.1 Å². The van der Waals surface area contributed by atoms with Gasteiger partial charge in [-0.1, -0.05) is 6.08 Å². The highest BCUT2D eigenvalue weighted by Crippen LogP contribution is 2.06. The average molecular weight is 253 g/mol. The second-order valence-corrected chi connectivity index (χ2v) is 4.32. The van der Waals surface area contributed by atoms with Gasteiger partial charge < -0.3 is 10.2 Å². The van der Waals surface area contributed by atoms with E-state index in [0.717, 1.165) is 0 Å². The van der Waals surface area contributed by atoms with Crippen molar-refractivity contribution in [3.05, 3.63) is 12.7 Å². The van der Waals surface area contributed by atoms with Gasteiger partial charge in [-0.25, -0.2) is 0 Å². The third-order valence-electron chi connectivity index (χ3n) is 1.62. The minimum atomic E-state index is -5.02. The first-order valence-electron chi connectivity index (χ1n) is 3.98. The Labute approximate surface area is 91.3 Å². The minimum Gasteiger partial charge on any atom is -0.480 e. The van der Waals surface area contributed by atoms with Crippen molar-refractivity contribution in [3.8, 4) is 0 Å². The van der Waals surface area contributed by atoms with Crippen molar-refractivity contribution in [2.75, 3.05) is 6.54 Å². The Hall–Kier alpha value is -1.45. The van der Waals surface area contributed by atoms with Crippen molar-refractivity contribution in [3.63, 3.8) is 0 Å². The second kappa shape index (κ2) is 5.58. The first kappa shape index (κ1) is 14.6. The number of hydrogen-bond acceptors (Lipinski definition) is 5. The fourth-order valence-corrected chi connectivity index (χ4v) is 1.79. The van der Waals surface area contributed by atoms with Crippen LogP contribution in [-0.4, -0.2) is 53.0 Å². The summed E-state index contributed by atoms with van der Waals surface area (Å²) >= 11 is 0. The van der Waals surface area contributed by atoms with Crippen LogP contribution in [0.15, 0.2) is 12.7 Å². The van der Waals surface area contributed by atoms with Crippen LogP contribution in [0, 0.1) is 0 Å². The minimum absolute atomic E-state index is 0.115. The van der Waals surface area contributed by atoms with E-state index in [9.17, 15) is 18.0 Å². The van der Waals surface area contributed by atoms with E-state index in [1.807, 2.05) is 0 Å². The SMILES string of the molecule is C=CCNC(C(=O)O)C(C(=O)O)S(=O)(=O)O. The molecule has 16 heavy (non-hydrogen) atoms. The van der Waals surface area contributed by atoms with Crippen LogP contribution in [0.5, 0.6) is 0 Å². The molecule has 92 valence electrons. The number of carbonyl (C=O) groups is 2. The monoisotopic (exact) mass is 253 g/mol. The molecule has 0 heterocycles. The van der Waals surface area contributed by atoms with Crippen LogP contribution in [0.2, 0.25) is 0 Å². The number of aliphatic carboxylic acids is 2. The summed E-state index contributed by atoms with van der Waals surface area (Å²) in [5.41, 5.74) is 0. The summed E-state index contributed by atoms with van der Waals surface area (Å²) in [6.07, 6.45) is 1.22. The largest absolute Gasteiger partial charge is 0.480 e. The Bertz CT molecular complexity index is 388. The summed E-state index contributed by atoms with van der Waals surface area (Å²) in [5.74, 6) is -3.65. The number of nitrogens with one attached hydrogen (secondary N) is 1. The van der Waals surface area contributed by atoms with Crippen LogP contribution in [0.1, 0.15) is 0 Å². The highest BCUT2D eigenvalue weighted by molar-refractivity contribution is 7.87. The summed E-state index contributed by atoms with van der Waals surface area (Å²) in [4.78, 5) is 21.2. The molecule has 4 N–H and O–H groups in total. The van der Waals surface area contributed by atoms with Crippen molar-refractivity contribution in [1.29, 1.82) is 0 Å². The van der Waals surface area contributed by atoms with E-state index >= 15 is 0 Å². The lowest BCUT2D eigenvalue weighted by molar-refractivity contribution is -0.145. The summed E-state index contributed by atoms with van der Waals surface area (Å²) < 4.78 is 30.1. The Balaban J connectivity index is 5.19. The maximum Gasteiger partial charge on any atom is 0.326 e. The molecule has 0 spiro atoms. The molecule has 0 saturated carbocycles. The smallest absolute Gasteiger partial charge is 0.326 e. The van der Waals surface area contributed by atoms with Gasteiger partial charge >= 0.3 is 11.9 Å². The number of rotatable bonds is 7. The van der Waals surface area contributed by atoms with E-state index in [2.05, 4.69) is 11.9 Å². The van der Waals surface area contributed by atoms with E-state index in [0.29, 0.717) is 0 Å². The lowest BCUT2D eigenvalue weighted by Crippen LogP contribution is -2.53. The first-order chi connectivity index (χ1) is 7.21. The summed E-state index contributed by atoms with van der Waals surface area (Å²) in [6.45, 7) is 3.13. The van der Waals surface area contributed by atoms with E-state index in [4.69, 9.17) is 14.8 Å². The van der Waals surface area contributed by atoms with Crippen molar-refractivity contribution >= 4 is 22.1 Å². The predicted octanol–water partition coefficient (Wildman–Crippen LogP) is -1.44. The second-order valence-electron chi connectivity index (χ2n) is 2.79. The molecule has 8 nitrogen and oxygen atoms in total. The molecule has 0 aromatic carbocycles. The predicted molar refractivity (Wildman–Crippen MR) is 52.6 cm³/mol. The molecule has 0 aliphatic rings. The third-order valence-corrected chi connectivity index (χ3v) is 2.73. The standard InChI is InChI=1S/C7H11NO7S/c1-2-3-8-4(6(9)10)5(7(11)12)16(13,14)15/h2,4-5,8H,1,3H2,(H,9,10)(H,11,12)(H,13,14,15). The zero-order chi connectivity index (χ0) is 12.9. The fourth-order valence-electron chi connectivity index (χ4n) is 0.976. The maximum atomic E-state index is 10.7. The molecule has 2 unspecified atom stereocenters. The molecule has 0 aliphatic heterocycles. The third kappa shape index (κ3) is 3.96. The first-order valence-corrected chi connectivity index (χ1v) is 5.48. The zero-order valence-corrected chi connectivity index (χ0v) is 8.85. The van der Waals surface area contributed by atoms with Gasteiger partial charge in [-0.05, 0) is 0 Å². The van der Waals surface area contributed by atoms with Gasteiger partial charge in [0.15, 0.2) is 0 Å². The Morgan fingerprint density at radius 2 is 1.81 bits per heavy atom. The average Bonchev–Trinajstić information content (AvgIpc) is 2.08. The molecule has 0 radical (unpaired) electrons. The van der Waals surface area contributed by atoms with Crippen molar-refractivity contribution < 1.29 is 32.8 Å². The van der Waals surface area contributed by atoms with Crippen LogP contribution < -0.4 is 5.32 Å². The molecule has 0 bridgehead atoms. The Kier molecular flexibility index (Phi) is 5.08. The molecular weight excluding hydrogens is 242 g/mol. The lowest BCUT2D eigenvalue weighted by atomic mass is 10.2. The van der Waals surface area contributed by atoms with E-state index in [1.54, 1.807) is 0 Å². The summed E-state index contributed by atoms with van der Waals surface area (Å²) in [5, 5.41) is 16.9. The van der Waals surface area contributed by atoms with E-state index in [-0.39, 0.29) is 6.54 Å². The van der Waals surface area contributed by atoms with Crippen LogP contribution in [-0.2, 0) is 19.7 Å².